The molecule has 0 saturated heterocycles. The van der Waals surface area contributed by atoms with Gasteiger partial charge >= 0.3 is 5.97 Å². The summed E-state index contributed by atoms with van der Waals surface area (Å²) in [6.07, 6.45) is 12.3. The maximum Gasteiger partial charge on any atom is 0.306 e. The molecule has 0 spiro atoms. The van der Waals surface area contributed by atoms with Crippen molar-refractivity contribution in [3.05, 3.63) is 13.2 Å². The van der Waals surface area contributed by atoms with Crippen LogP contribution in [0.15, 0.2) is 13.2 Å². The first kappa shape index (κ1) is 34.2. The Kier molecular flexibility index (Phi) is 26.5. The summed E-state index contributed by atoms with van der Waals surface area (Å²) in [6, 6.07) is 0. The van der Waals surface area contributed by atoms with Gasteiger partial charge in [-0.1, -0.05) is 96.8 Å². The summed E-state index contributed by atoms with van der Waals surface area (Å²) in [5.74, 6) is -0.601. The van der Waals surface area contributed by atoms with Crippen molar-refractivity contribution in [2.75, 3.05) is 13.2 Å². The quantitative estimate of drug-likeness (QED) is 0.0907. The van der Waals surface area contributed by atoms with Crippen molar-refractivity contribution >= 4 is 5.97 Å². The zero-order chi connectivity index (χ0) is 25.3. The van der Waals surface area contributed by atoms with Crippen molar-refractivity contribution in [2.45, 2.75) is 134 Å². The van der Waals surface area contributed by atoms with Crippen LogP contribution in [0, 0.1) is 0 Å². The van der Waals surface area contributed by atoms with E-state index >= 15 is 0 Å². The van der Waals surface area contributed by atoms with Gasteiger partial charge in [-0.2, -0.15) is 0 Å². The predicted octanol–water partition coefficient (Wildman–Crippen LogP) is 4.03. The number of aliphatic hydroxyl groups is 5. The minimum Gasteiger partial charge on any atom is -0.457 e. The molecule has 0 aliphatic rings. The summed E-state index contributed by atoms with van der Waals surface area (Å²) in [5.41, 5.74) is 0. The number of hydrogen-bond donors (Lipinski definition) is 5. The van der Waals surface area contributed by atoms with E-state index in [1.807, 2.05) is 0 Å². The average Bonchev–Trinajstić information content (AvgIpc) is 2.84. The first-order chi connectivity index (χ1) is 16.0. The Morgan fingerprint density at radius 1 is 0.667 bits per heavy atom. The van der Waals surface area contributed by atoms with E-state index in [1.54, 1.807) is 0 Å². The molecule has 7 nitrogen and oxygen atoms in total. The average molecular weight is 477 g/mol. The van der Waals surface area contributed by atoms with E-state index in [0.717, 1.165) is 19.3 Å². The molecule has 0 aromatic rings. The molecule has 0 bridgehead atoms. The van der Waals surface area contributed by atoms with Crippen LogP contribution in [0.1, 0.15) is 110 Å². The maximum absolute atomic E-state index is 12.0. The van der Waals surface area contributed by atoms with Crippen LogP contribution in [0.3, 0.4) is 0 Å². The van der Waals surface area contributed by atoms with Gasteiger partial charge in [0.05, 0.1) is 13.2 Å². The lowest BCUT2D eigenvalue weighted by atomic mass is 10.0. The van der Waals surface area contributed by atoms with Gasteiger partial charge in [0.15, 0.2) is 6.10 Å². The molecule has 0 saturated carbocycles. The topological polar surface area (TPSA) is 127 Å². The molecule has 198 valence electrons. The second kappa shape index (κ2) is 25.6. The van der Waals surface area contributed by atoms with Crippen molar-refractivity contribution in [1.82, 2.24) is 0 Å². The van der Waals surface area contributed by atoms with Gasteiger partial charge in [-0.05, 0) is 6.42 Å². The van der Waals surface area contributed by atoms with Gasteiger partial charge < -0.3 is 30.3 Å². The van der Waals surface area contributed by atoms with E-state index in [4.69, 9.17) is 14.9 Å². The summed E-state index contributed by atoms with van der Waals surface area (Å²) in [6.45, 7) is 6.77. The van der Waals surface area contributed by atoms with Crippen molar-refractivity contribution in [3.8, 4) is 0 Å². The van der Waals surface area contributed by atoms with Crippen molar-refractivity contribution in [2.24, 2.45) is 0 Å². The molecular weight excluding hydrogens is 424 g/mol. The van der Waals surface area contributed by atoms with Crippen LogP contribution in [0.4, 0.5) is 0 Å². The second-order valence-corrected chi connectivity index (χ2v) is 8.64. The van der Waals surface area contributed by atoms with Crippen LogP contribution in [0.25, 0.3) is 0 Å². The smallest absolute Gasteiger partial charge is 0.306 e. The van der Waals surface area contributed by atoms with Crippen molar-refractivity contribution in [3.63, 3.8) is 0 Å². The fourth-order valence-electron chi connectivity index (χ4n) is 3.66. The Labute approximate surface area is 201 Å². The number of unbranched alkanes of at least 4 members (excludes halogenated alkanes) is 14. The third-order valence-electron chi connectivity index (χ3n) is 5.74. The minimum atomic E-state index is -1.67. The van der Waals surface area contributed by atoms with Gasteiger partial charge in [0, 0.05) is 6.42 Å². The number of esters is 1. The zero-order valence-corrected chi connectivity index (χ0v) is 21.0. The highest BCUT2D eigenvalue weighted by Crippen LogP contribution is 2.15. The minimum absolute atomic E-state index is 0.148. The Bertz CT molecular complexity index is 419. The van der Waals surface area contributed by atoms with Crippen LogP contribution in [-0.4, -0.2) is 69.1 Å². The monoisotopic (exact) mass is 476 g/mol. The van der Waals surface area contributed by atoms with Gasteiger partial charge in [0.25, 0.3) is 0 Å². The highest BCUT2D eigenvalue weighted by atomic mass is 16.6. The number of hydrogen-bond acceptors (Lipinski definition) is 7. The molecule has 7 heteroatoms. The number of rotatable bonds is 22. The molecule has 0 amide bonds. The van der Waals surface area contributed by atoms with Crippen molar-refractivity contribution < 1.29 is 35.1 Å². The lowest BCUT2D eigenvalue weighted by Gasteiger charge is -2.28. The summed E-state index contributed by atoms with van der Waals surface area (Å²) in [4.78, 5) is 12.0. The largest absolute Gasteiger partial charge is 0.457 e. The van der Waals surface area contributed by atoms with E-state index in [0.29, 0.717) is 6.42 Å². The first-order valence-electron chi connectivity index (χ1n) is 12.9. The van der Waals surface area contributed by atoms with Gasteiger partial charge in [0.2, 0.25) is 0 Å². The van der Waals surface area contributed by atoms with Crippen LogP contribution >= 0.6 is 0 Å². The lowest BCUT2D eigenvalue weighted by molar-refractivity contribution is -0.177. The fourth-order valence-corrected chi connectivity index (χ4v) is 3.66. The van der Waals surface area contributed by atoms with Gasteiger partial charge in [-0.3, -0.25) is 4.79 Å². The molecule has 0 fully saturated rings. The SMILES string of the molecule is C=C.CCCCCCCCCCCCCCCCCC(=O)O[C@@H]([C@H](O)[C@@H](O)CO)[C@H](O)CO. The van der Waals surface area contributed by atoms with Crippen molar-refractivity contribution in [1.29, 1.82) is 0 Å². The fraction of sp³-hybridized carbons (Fsp3) is 0.885. The van der Waals surface area contributed by atoms with E-state index in [1.165, 1.54) is 70.6 Å². The van der Waals surface area contributed by atoms with E-state index in [2.05, 4.69) is 20.1 Å². The molecular formula is C26H52O7. The molecule has 5 N–H and O–H groups in total. The number of carbonyl (C=O) groups is 1. The van der Waals surface area contributed by atoms with Crippen LogP contribution in [0.2, 0.25) is 0 Å². The van der Waals surface area contributed by atoms with E-state index in [-0.39, 0.29) is 6.42 Å². The molecule has 0 radical (unpaired) electrons. The Balaban J connectivity index is 0. The zero-order valence-electron chi connectivity index (χ0n) is 21.0. The van der Waals surface area contributed by atoms with Gasteiger partial charge in [0.1, 0.15) is 18.3 Å². The maximum atomic E-state index is 12.0. The normalized spacial score (nSPS) is 14.6. The molecule has 0 heterocycles. The number of aliphatic hydroxyl groups excluding tert-OH is 5. The second-order valence-electron chi connectivity index (χ2n) is 8.64. The molecule has 0 aromatic carbocycles. The van der Waals surface area contributed by atoms with E-state index in [9.17, 15) is 20.1 Å². The molecule has 0 aliphatic heterocycles. The van der Waals surface area contributed by atoms with Gasteiger partial charge in [-0.25, -0.2) is 0 Å². The molecule has 33 heavy (non-hydrogen) atoms. The standard InChI is InChI=1S/C24H48O7.C2H4/c1-2-3-4-5-6-7-8-9-10-11-12-13-14-15-16-17-22(29)31-24(21(28)19-26)23(30)20(27)18-25;1-2/h20-21,23-28,30H,2-19H2,1H3;1-2H2/t20-,21+,23+,24+;/m0./s1. The highest BCUT2D eigenvalue weighted by Gasteiger charge is 2.34. The molecule has 4 atom stereocenters. The highest BCUT2D eigenvalue weighted by molar-refractivity contribution is 5.69. The van der Waals surface area contributed by atoms with Crippen LogP contribution in [-0.2, 0) is 9.53 Å². The summed E-state index contributed by atoms with van der Waals surface area (Å²) >= 11 is 0. The summed E-state index contributed by atoms with van der Waals surface area (Å²) in [7, 11) is 0. The number of ether oxygens (including phenoxy) is 1. The van der Waals surface area contributed by atoms with Gasteiger partial charge in [-0.15, -0.1) is 13.2 Å². The third kappa shape index (κ3) is 20.1. The van der Waals surface area contributed by atoms with Crippen LogP contribution in [0.5, 0.6) is 0 Å². The first-order valence-corrected chi connectivity index (χ1v) is 12.9. The Hall–Kier alpha value is -0.990. The Morgan fingerprint density at radius 3 is 1.39 bits per heavy atom. The molecule has 0 aromatic heterocycles. The Morgan fingerprint density at radius 2 is 1.03 bits per heavy atom. The van der Waals surface area contributed by atoms with E-state index < -0.39 is 43.6 Å². The summed E-state index contributed by atoms with van der Waals surface area (Å²) < 4.78 is 5.04. The lowest BCUT2D eigenvalue weighted by Crippen LogP contribution is -2.49. The molecule has 0 aliphatic carbocycles. The molecule has 0 rings (SSSR count). The predicted molar refractivity (Wildman–Crippen MR) is 133 cm³/mol. The van der Waals surface area contributed by atoms with Crippen LogP contribution < -0.4 is 0 Å². The molecule has 0 unspecified atom stereocenters. The third-order valence-corrected chi connectivity index (χ3v) is 5.74. The summed E-state index contributed by atoms with van der Waals surface area (Å²) in [5, 5.41) is 47.0. The number of carbonyl (C=O) groups excluding carboxylic acids is 1.